The van der Waals surface area contributed by atoms with Crippen molar-refractivity contribution in [1.29, 1.82) is 0 Å². The minimum Gasteiger partial charge on any atom is -0.496 e. The second kappa shape index (κ2) is 5.96. The van der Waals surface area contributed by atoms with Crippen molar-refractivity contribution in [3.05, 3.63) is 52.0 Å². The van der Waals surface area contributed by atoms with E-state index in [1.807, 2.05) is 13.0 Å². The number of benzene rings is 2. The molecule has 3 N–H and O–H groups in total. The molecule has 0 fully saturated rings. The van der Waals surface area contributed by atoms with Crippen molar-refractivity contribution in [2.75, 3.05) is 18.2 Å². The summed E-state index contributed by atoms with van der Waals surface area (Å²) < 4.78 is 6.08. The zero-order valence-electron chi connectivity index (χ0n) is 11.2. The van der Waals surface area contributed by atoms with Crippen molar-refractivity contribution in [3.63, 3.8) is 0 Å². The minimum absolute atomic E-state index is 0.233. The zero-order valence-corrected chi connectivity index (χ0v) is 12.8. The highest BCUT2D eigenvalue weighted by Gasteiger charge is 2.13. The number of hydrogen-bond acceptors (Lipinski definition) is 3. The van der Waals surface area contributed by atoms with E-state index in [0.29, 0.717) is 22.7 Å². The van der Waals surface area contributed by atoms with Crippen molar-refractivity contribution in [3.8, 4) is 5.75 Å². The summed E-state index contributed by atoms with van der Waals surface area (Å²) >= 11 is 3.35. The van der Waals surface area contributed by atoms with Gasteiger partial charge in [0.2, 0.25) is 0 Å². The first-order valence-electron chi connectivity index (χ1n) is 6.02. The summed E-state index contributed by atoms with van der Waals surface area (Å²) in [5.74, 6) is 0.279. The van der Waals surface area contributed by atoms with Gasteiger partial charge in [-0.2, -0.15) is 0 Å². The van der Waals surface area contributed by atoms with Crippen LogP contribution in [-0.2, 0) is 0 Å². The number of nitrogens with two attached hydrogens (primary N) is 1. The molecule has 2 aromatic carbocycles. The summed E-state index contributed by atoms with van der Waals surface area (Å²) in [6.07, 6.45) is 0. The van der Waals surface area contributed by atoms with Gasteiger partial charge in [-0.1, -0.05) is 22.0 Å². The normalized spacial score (nSPS) is 10.2. The Hall–Kier alpha value is -2.01. The maximum Gasteiger partial charge on any atom is 0.259 e. The molecule has 0 heterocycles. The average Bonchev–Trinajstić information content (AvgIpc) is 2.42. The predicted molar refractivity (Wildman–Crippen MR) is 84.2 cm³/mol. The van der Waals surface area contributed by atoms with E-state index >= 15 is 0 Å². The maximum absolute atomic E-state index is 12.3. The fourth-order valence-corrected chi connectivity index (χ4v) is 2.16. The zero-order chi connectivity index (χ0) is 14.7. The molecule has 0 aromatic heterocycles. The maximum atomic E-state index is 12.3. The molecule has 4 nitrogen and oxygen atoms in total. The quantitative estimate of drug-likeness (QED) is 0.843. The number of carbonyl (C=O) groups is 1. The fraction of sp³-hybridized carbons (Fsp3) is 0.133. The smallest absolute Gasteiger partial charge is 0.259 e. The van der Waals surface area contributed by atoms with E-state index in [-0.39, 0.29) is 5.91 Å². The summed E-state index contributed by atoms with van der Waals surface area (Å²) in [6.45, 7) is 1.91. The van der Waals surface area contributed by atoms with Gasteiger partial charge >= 0.3 is 0 Å². The second-order valence-corrected chi connectivity index (χ2v) is 5.29. The molecule has 1 amide bonds. The summed E-state index contributed by atoms with van der Waals surface area (Å²) in [5.41, 5.74) is 8.45. The predicted octanol–water partition coefficient (Wildman–Crippen LogP) is 3.60. The van der Waals surface area contributed by atoms with Gasteiger partial charge in [0.1, 0.15) is 5.75 Å². The lowest BCUT2D eigenvalue weighted by Gasteiger charge is -2.12. The highest BCUT2D eigenvalue weighted by Crippen LogP contribution is 2.25. The Morgan fingerprint density at radius 3 is 2.70 bits per heavy atom. The lowest BCUT2D eigenvalue weighted by atomic mass is 10.1. The molecule has 0 bridgehead atoms. The Labute approximate surface area is 126 Å². The number of rotatable bonds is 3. The molecule has 0 radical (unpaired) electrons. The van der Waals surface area contributed by atoms with Crippen LogP contribution in [0.3, 0.4) is 0 Å². The number of nitrogens with one attached hydrogen (secondary N) is 1. The van der Waals surface area contributed by atoms with E-state index < -0.39 is 0 Å². The van der Waals surface area contributed by atoms with E-state index in [2.05, 4.69) is 21.2 Å². The van der Waals surface area contributed by atoms with Crippen molar-refractivity contribution >= 4 is 33.2 Å². The number of nitrogen functional groups attached to an aromatic ring is 1. The van der Waals surface area contributed by atoms with Gasteiger partial charge in [0.15, 0.2) is 0 Å². The molecule has 104 valence electrons. The van der Waals surface area contributed by atoms with Gasteiger partial charge in [-0.05, 0) is 42.8 Å². The minimum atomic E-state index is -0.233. The Kier molecular flexibility index (Phi) is 4.29. The summed E-state index contributed by atoms with van der Waals surface area (Å²) in [4.78, 5) is 12.3. The average molecular weight is 335 g/mol. The Bertz CT molecular complexity index is 656. The number of amides is 1. The van der Waals surface area contributed by atoms with E-state index in [0.717, 1.165) is 10.0 Å². The van der Waals surface area contributed by atoms with Crippen molar-refractivity contribution < 1.29 is 9.53 Å². The largest absolute Gasteiger partial charge is 0.496 e. The molecule has 20 heavy (non-hydrogen) atoms. The molecular formula is C15H15BrN2O2. The number of hydrogen-bond donors (Lipinski definition) is 2. The van der Waals surface area contributed by atoms with E-state index in [9.17, 15) is 4.79 Å². The lowest BCUT2D eigenvalue weighted by Crippen LogP contribution is -2.14. The first kappa shape index (κ1) is 14.4. The van der Waals surface area contributed by atoms with Gasteiger partial charge in [-0.15, -0.1) is 0 Å². The molecule has 0 aliphatic rings. The Morgan fingerprint density at radius 2 is 2.00 bits per heavy atom. The van der Waals surface area contributed by atoms with Crippen molar-refractivity contribution in [2.24, 2.45) is 0 Å². The third-order valence-electron chi connectivity index (χ3n) is 2.92. The van der Waals surface area contributed by atoms with Crippen molar-refractivity contribution in [2.45, 2.75) is 6.92 Å². The molecule has 0 atom stereocenters. The summed E-state index contributed by atoms with van der Waals surface area (Å²) in [5, 5.41) is 2.85. The topological polar surface area (TPSA) is 64.3 Å². The third kappa shape index (κ3) is 3.11. The van der Waals surface area contributed by atoms with Gasteiger partial charge in [0.25, 0.3) is 5.91 Å². The van der Waals surface area contributed by atoms with Crippen LogP contribution < -0.4 is 15.8 Å². The molecule has 0 spiro atoms. The second-order valence-electron chi connectivity index (χ2n) is 4.37. The number of halogens is 1. The van der Waals surface area contributed by atoms with Gasteiger partial charge < -0.3 is 15.8 Å². The van der Waals surface area contributed by atoms with E-state index in [4.69, 9.17) is 10.5 Å². The van der Waals surface area contributed by atoms with Crippen LogP contribution >= 0.6 is 15.9 Å². The molecule has 5 heteroatoms. The lowest BCUT2D eigenvalue weighted by molar-refractivity contribution is 0.102. The van der Waals surface area contributed by atoms with Crippen LogP contribution in [0, 0.1) is 6.92 Å². The van der Waals surface area contributed by atoms with Crippen LogP contribution in [0.25, 0.3) is 0 Å². The molecule has 0 saturated carbocycles. The van der Waals surface area contributed by atoms with Crippen LogP contribution in [0.1, 0.15) is 15.9 Å². The standard InChI is InChI=1S/C15H15BrN2O2/c1-9-3-5-11(17)8-13(9)18-15(19)12-6-4-10(16)7-14(12)20-2/h3-8H,17H2,1-2H3,(H,18,19). The molecule has 0 unspecified atom stereocenters. The molecule has 2 aromatic rings. The van der Waals surface area contributed by atoms with Crippen LogP contribution in [0.5, 0.6) is 5.75 Å². The van der Waals surface area contributed by atoms with Crippen LogP contribution in [0.4, 0.5) is 11.4 Å². The van der Waals surface area contributed by atoms with Crippen LogP contribution in [-0.4, -0.2) is 13.0 Å². The van der Waals surface area contributed by atoms with Crippen LogP contribution in [0.15, 0.2) is 40.9 Å². The number of aryl methyl sites for hydroxylation is 1. The van der Waals surface area contributed by atoms with Gasteiger partial charge in [-0.3, -0.25) is 4.79 Å². The summed E-state index contributed by atoms with van der Waals surface area (Å²) in [6, 6.07) is 10.7. The van der Waals surface area contributed by atoms with Gasteiger partial charge in [0.05, 0.1) is 12.7 Å². The highest BCUT2D eigenvalue weighted by atomic mass is 79.9. The van der Waals surface area contributed by atoms with Gasteiger partial charge in [-0.25, -0.2) is 0 Å². The Morgan fingerprint density at radius 1 is 1.25 bits per heavy atom. The number of anilines is 2. The van der Waals surface area contributed by atoms with E-state index in [1.165, 1.54) is 7.11 Å². The van der Waals surface area contributed by atoms with E-state index in [1.54, 1.807) is 30.3 Å². The molecule has 0 aliphatic carbocycles. The molecule has 0 saturated heterocycles. The Balaban J connectivity index is 2.30. The molecule has 2 rings (SSSR count). The number of methoxy groups -OCH3 is 1. The SMILES string of the molecule is COc1cc(Br)ccc1C(=O)Nc1cc(N)ccc1C. The number of ether oxygens (including phenoxy) is 1. The fourth-order valence-electron chi connectivity index (χ4n) is 1.82. The number of carbonyl (C=O) groups excluding carboxylic acids is 1. The third-order valence-corrected chi connectivity index (χ3v) is 3.41. The molecule has 0 aliphatic heterocycles. The first-order valence-corrected chi connectivity index (χ1v) is 6.81. The van der Waals surface area contributed by atoms with Crippen LogP contribution in [0.2, 0.25) is 0 Å². The van der Waals surface area contributed by atoms with Crippen molar-refractivity contribution in [1.82, 2.24) is 0 Å². The highest BCUT2D eigenvalue weighted by molar-refractivity contribution is 9.10. The van der Waals surface area contributed by atoms with Gasteiger partial charge in [0, 0.05) is 15.8 Å². The molecular weight excluding hydrogens is 320 g/mol. The first-order chi connectivity index (χ1) is 9.51. The monoisotopic (exact) mass is 334 g/mol. The summed E-state index contributed by atoms with van der Waals surface area (Å²) in [7, 11) is 1.53.